The molecule has 2 N–H and O–H groups in total. The molecule has 0 aromatic rings. The number of ether oxygens (including phenoxy) is 2. The number of carbonyl (C=O) groups excluding carboxylic acids is 4. The van der Waals surface area contributed by atoms with E-state index in [1.54, 1.807) is 9.80 Å². The fourth-order valence-corrected chi connectivity index (χ4v) is 6.95. The Bertz CT molecular complexity index is 789. The highest BCUT2D eigenvalue weighted by Gasteiger charge is 2.30. The molecule has 0 aromatic heterocycles. The van der Waals surface area contributed by atoms with Gasteiger partial charge >= 0.3 is 0 Å². The number of rotatable bonds is 22. The molecule has 2 fully saturated rings. The summed E-state index contributed by atoms with van der Waals surface area (Å²) in [6.07, 6.45) is 10.5. The Balaban J connectivity index is 0.000000428. The summed E-state index contributed by atoms with van der Waals surface area (Å²) < 4.78 is 17.1. The maximum Gasteiger partial charge on any atom is 0.295 e. The molecule has 242 valence electrons. The second-order valence-corrected chi connectivity index (χ2v) is 13.0. The molecule has 2 amide bonds. The molecule has 2 rings (SSSR count). The molecule has 2 aliphatic rings. The predicted octanol–water partition coefficient (Wildman–Crippen LogP) is 4.67. The topological polar surface area (TPSA) is 158 Å². The number of thiol groups is 2. The summed E-state index contributed by atoms with van der Waals surface area (Å²) in [4.78, 5) is 58.6. The number of nitrogens with zero attached hydrogens (tertiary/aromatic N) is 3. The zero-order chi connectivity index (χ0) is 31.0. The summed E-state index contributed by atoms with van der Waals surface area (Å²) in [7, 11) is 0. The van der Waals surface area contributed by atoms with Crippen LogP contribution in [0.1, 0.15) is 89.9 Å². The lowest BCUT2D eigenvalue weighted by atomic mass is 10.1. The van der Waals surface area contributed by atoms with Crippen LogP contribution in [0.15, 0.2) is 4.58 Å². The molecule has 2 aliphatic heterocycles. The van der Waals surface area contributed by atoms with E-state index in [9.17, 15) is 24.1 Å². The van der Waals surface area contributed by atoms with Crippen LogP contribution in [0.25, 0.3) is 0 Å². The third-order valence-electron chi connectivity index (χ3n) is 7.05. The third-order valence-corrected chi connectivity index (χ3v) is 9.22. The summed E-state index contributed by atoms with van der Waals surface area (Å²) >= 11 is 10.8. The number of likely N-dealkylation sites (tertiary alicyclic amines) is 2. The van der Waals surface area contributed by atoms with E-state index in [0.29, 0.717) is 56.3 Å². The fourth-order valence-electron chi connectivity index (χ4n) is 4.88. The van der Waals surface area contributed by atoms with Gasteiger partial charge in [0.15, 0.2) is 12.5 Å². The van der Waals surface area contributed by atoms with Crippen molar-refractivity contribution in [3.05, 3.63) is 4.91 Å². The smallest absolute Gasteiger partial charge is 0.295 e. The van der Waals surface area contributed by atoms with Crippen LogP contribution < -0.4 is 5.90 Å². The first kappa shape index (κ1) is 38.8. The van der Waals surface area contributed by atoms with Crippen molar-refractivity contribution in [3.63, 3.8) is 0 Å². The zero-order valence-corrected chi connectivity index (χ0v) is 27.5. The Morgan fingerprint density at radius 1 is 0.905 bits per heavy atom. The van der Waals surface area contributed by atoms with E-state index in [0.717, 1.165) is 100 Å². The van der Waals surface area contributed by atoms with Gasteiger partial charge < -0.3 is 19.3 Å². The van der Waals surface area contributed by atoms with E-state index >= 15 is 0 Å². The minimum atomic E-state index is -0.407. The Morgan fingerprint density at radius 3 is 1.93 bits per heavy atom. The summed E-state index contributed by atoms with van der Waals surface area (Å²) in [6, 6.07) is 0. The van der Waals surface area contributed by atoms with Crippen LogP contribution in [-0.4, -0.2) is 82.1 Å². The molecule has 4 atom stereocenters. The summed E-state index contributed by atoms with van der Waals surface area (Å²) in [5, 5.41) is 0.494. The SMILES string of the molecule is NOSCCC(CCCCC(=O)N1CCC[C@H]1OC=O)SN=O.O=CO[C@@H]1CCCN1C(=O)CCCCC(S)CCS. The van der Waals surface area contributed by atoms with Crippen molar-refractivity contribution in [3.8, 4) is 0 Å². The van der Waals surface area contributed by atoms with E-state index in [1.165, 1.54) is 0 Å². The molecule has 0 aliphatic carbocycles. The maximum atomic E-state index is 12.1. The number of nitrogens with two attached hydrogens (primary N) is 1. The van der Waals surface area contributed by atoms with E-state index in [2.05, 4.69) is 34.1 Å². The maximum absolute atomic E-state index is 12.1. The number of unbranched alkanes of at least 4 members (excludes halogenated alkanes) is 2. The van der Waals surface area contributed by atoms with Crippen LogP contribution in [0.5, 0.6) is 0 Å². The molecule has 16 heteroatoms. The van der Waals surface area contributed by atoms with Crippen molar-refractivity contribution < 1.29 is 32.9 Å². The predicted molar refractivity (Wildman–Crippen MR) is 171 cm³/mol. The largest absolute Gasteiger partial charge is 0.444 e. The minimum absolute atomic E-state index is 0.0131. The standard InChI is InChI=1S/C13H23N3O5S2.C13H23NO3S2/c14-21-22-9-7-11(23-15-19)4-1-2-5-12(18)16-8-3-6-13(16)20-10-17;15-10-17-13-6-3-8-14(13)12(16)5-2-1-4-11(19)7-9-18/h10-11,13H,1-9,14H2;10-11,13,18-19H,1-9H2/t2*11?,13-/m11/s1. The van der Waals surface area contributed by atoms with Gasteiger partial charge in [0.05, 0.1) is 0 Å². The van der Waals surface area contributed by atoms with Crippen molar-refractivity contribution in [1.82, 2.24) is 9.80 Å². The van der Waals surface area contributed by atoms with Gasteiger partial charge in [0.2, 0.25) is 11.8 Å². The Morgan fingerprint density at radius 2 is 1.45 bits per heavy atom. The Hall–Kier alpha value is -1.20. The van der Waals surface area contributed by atoms with Gasteiger partial charge in [0.25, 0.3) is 12.9 Å². The minimum Gasteiger partial charge on any atom is -0.444 e. The first-order chi connectivity index (χ1) is 20.4. The Kier molecular flexibility index (Phi) is 23.3. The summed E-state index contributed by atoms with van der Waals surface area (Å²) in [5.74, 6) is 6.59. The van der Waals surface area contributed by atoms with Crippen molar-refractivity contribution in [2.24, 2.45) is 10.5 Å². The lowest BCUT2D eigenvalue weighted by molar-refractivity contribution is -0.152. The van der Waals surface area contributed by atoms with Crippen molar-refractivity contribution in [2.45, 2.75) is 113 Å². The lowest BCUT2D eigenvalue weighted by Crippen LogP contribution is -2.36. The van der Waals surface area contributed by atoms with Crippen LogP contribution in [0.2, 0.25) is 0 Å². The highest BCUT2D eigenvalue weighted by molar-refractivity contribution is 7.98. The van der Waals surface area contributed by atoms with Crippen molar-refractivity contribution in [2.75, 3.05) is 24.6 Å². The normalized spacial score (nSPS) is 19.4. The van der Waals surface area contributed by atoms with E-state index in [-0.39, 0.29) is 23.3 Å². The number of hydrogen-bond acceptors (Lipinski definition) is 14. The van der Waals surface area contributed by atoms with Crippen molar-refractivity contribution >= 4 is 74.0 Å². The van der Waals surface area contributed by atoms with E-state index in [1.807, 2.05) is 0 Å². The number of hydrogen-bond donors (Lipinski definition) is 3. The molecular weight excluding hydrogens is 625 g/mol. The molecule has 0 bridgehead atoms. The van der Waals surface area contributed by atoms with Gasteiger partial charge in [-0.3, -0.25) is 19.2 Å². The molecule has 2 unspecified atom stereocenters. The third kappa shape index (κ3) is 16.6. The second-order valence-electron chi connectivity index (χ2n) is 10.00. The van der Waals surface area contributed by atoms with Crippen LogP contribution in [-0.2, 0) is 32.9 Å². The van der Waals surface area contributed by atoms with Gasteiger partial charge in [-0.25, -0.2) is 10.2 Å². The Labute approximate surface area is 268 Å². The molecule has 12 nitrogen and oxygen atoms in total. The quantitative estimate of drug-likeness (QED) is 0.0280. The monoisotopic (exact) mass is 670 g/mol. The van der Waals surface area contributed by atoms with Gasteiger partial charge in [-0.15, -0.1) is 4.91 Å². The zero-order valence-electron chi connectivity index (χ0n) is 24.1. The molecule has 0 saturated carbocycles. The molecule has 2 heterocycles. The van der Waals surface area contributed by atoms with Crippen molar-refractivity contribution in [1.29, 1.82) is 0 Å². The van der Waals surface area contributed by atoms with E-state index < -0.39 is 6.23 Å². The molecule has 0 radical (unpaired) electrons. The fraction of sp³-hybridized carbons (Fsp3) is 0.846. The van der Waals surface area contributed by atoms with Gasteiger partial charge in [-0.1, -0.05) is 12.8 Å². The molecular formula is C26H46N4O8S4. The highest BCUT2D eigenvalue weighted by Crippen LogP contribution is 2.25. The number of nitroso groups, excluding NO2 is 1. The highest BCUT2D eigenvalue weighted by atomic mass is 32.2. The number of carbonyl (C=O) groups is 4. The average Bonchev–Trinajstić information content (AvgIpc) is 3.64. The van der Waals surface area contributed by atoms with Gasteiger partial charge in [0, 0.05) is 83.6 Å². The molecule has 2 saturated heterocycles. The first-order valence-corrected chi connectivity index (χ1v) is 17.3. The van der Waals surface area contributed by atoms with E-state index in [4.69, 9.17) is 15.4 Å². The molecule has 0 aromatic carbocycles. The molecule has 42 heavy (non-hydrogen) atoms. The average molecular weight is 671 g/mol. The van der Waals surface area contributed by atoms with Crippen LogP contribution in [0, 0.1) is 4.91 Å². The lowest BCUT2D eigenvalue weighted by Gasteiger charge is -2.22. The van der Waals surface area contributed by atoms with Gasteiger partial charge in [-0.2, -0.15) is 25.3 Å². The van der Waals surface area contributed by atoms with Gasteiger partial charge in [0.1, 0.15) is 0 Å². The first-order valence-electron chi connectivity index (χ1n) is 14.4. The summed E-state index contributed by atoms with van der Waals surface area (Å²) in [5.41, 5.74) is 0. The number of amides is 2. The van der Waals surface area contributed by atoms with Crippen LogP contribution in [0.4, 0.5) is 0 Å². The molecule has 0 spiro atoms. The summed E-state index contributed by atoms with van der Waals surface area (Å²) in [6.45, 7) is 2.17. The van der Waals surface area contributed by atoms with Crippen LogP contribution in [0.3, 0.4) is 0 Å². The van der Waals surface area contributed by atoms with Crippen LogP contribution >= 0.6 is 49.2 Å². The van der Waals surface area contributed by atoms with Gasteiger partial charge in [-0.05, 0) is 57.1 Å². The second kappa shape index (κ2) is 25.2.